The van der Waals surface area contributed by atoms with E-state index < -0.39 is 0 Å². The van der Waals surface area contributed by atoms with Crippen molar-refractivity contribution in [3.63, 3.8) is 0 Å². The highest BCUT2D eigenvalue weighted by Crippen LogP contribution is 2.49. The summed E-state index contributed by atoms with van der Waals surface area (Å²) in [7, 11) is 0. The molecule has 1 aliphatic rings. The lowest BCUT2D eigenvalue weighted by atomic mass is 9.87. The van der Waals surface area contributed by atoms with Crippen molar-refractivity contribution in [3.8, 4) is 73.7 Å². The summed E-state index contributed by atoms with van der Waals surface area (Å²) in [4.78, 5) is 10.2. The number of ether oxygens (including phenoxy) is 1. The number of hydrogen-bond donors (Lipinski definition) is 0. The van der Waals surface area contributed by atoms with Gasteiger partial charge in [0.15, 0.2) is 5.82 Å². The van der Waals surface area contributed by atoms with Crippen LogP contribution in [0, 0.1) is 11.3 Å². The van der Waals surface area contributed by atoms with E-state index in [0.717, 1.165) is 83.4 Å². The summed E-state index contributed by atoms with van der Waals surface area (Å²) in [6.45, 7) is 0. The molecule has 0 N–H and O–H groups in total. The summed E-state index contributed by atoms with van der Waals surface area (Å²) in [5, 5.41) is 18.9. The molecule has 1 aromatic heterocycles. The van der Waals surface area contributed by atoms with E-state index in [1.165, 1.54) is 21.5 Å². The summed E-state index contributed by atoms with van der Waals surface area (Å²) in [6, 6.07) is 59.3. The first-order valence-electron chi connectivity index (χ1n) is 17.7. The van der Waals surface area contributed by atoms with Gasteiger partial charge in [-0.05, 0) is 109 Å². The van der Waals surface area contributed by atoms with Gasteiger partial charge < -0.3 is 4.74 Å². The predicted octanol–water partition coefficient (Wildman–Crippen LogP) is 12.8. The third-order valence-electron chi connectivity index (χ3n) is 10.6. The van der Waals surface area contributed by atoms with Crippen molar-refractivity contribution < 1.29 is 4.74 Å². The Hall–Kier alpha value is -7.35. The second-order valence-corrected chi connectivity index (χ2v) is 13.7. The molecule has 11 rings (SSSR count). The summed E-state index contributed by atoms with van der Waals surface area (Å²) >= 11 is 0. The smallest absolute Gasteiger partial charge is 0.160 e. The van der Waals surface area contributed by atoms with E-state index in [0.29, 0.717) is 11.4 Å². The van der Waals surface area contributed by atoms with Crippen molar-refractivity contribution >= 4 is 43.1 Å². The second kappa shape index (κ2) is 11.3. The van der Waals surface area contributed by atoms with Crippen LogP contribution in [0.2, 0.25) is 0 Å². The monoisotopic (exact) mass is 673 g/mol. The molecule has 4 heteroatoms. The average Bonchev–Trinajstić information content (AvgIpc) is 3.23. The van der Waals surface area contributed by atoms with E-state index in [1.54, 1.807) is 0 Å². The fraction of sp³-hybridized carbons (Fsp3) is 0. The SMILES string of the molecule is N#Cc1ccc2c(c1)Oc1cccc3c(-c4cc5ccc6cc(-c7nc(-c8ccccc8)cc(-c8ccccc8)n7)cc7ccc(c4)c5c67)ccc-2c13. The lowest BCUT2D eigenvalue weighted by Crippen LogP contribution is -1.98. The minimum absolute atomic E-state index is 0.587. The summed E-state index contributed by atoms with van der Waals surface area (Å²) in [5.74, 6) is 2.23. The van der Waals surface area contributed by atoms with Gasteiger partial charge in [0.1, 0.15) is 11.5 Å². The number of nitrogens with zero attached hydrogens (tertiary/aromatic N) is 3. The standard InChI is InChI=1S/C49H27N3O/c50-28-29-14-19-39-41-21-20-38(40-12-7-13-44(48(40)41)53-45(39)22-29)36-23-32-15-17-34-25-37(26-35-18-16-33(24-36)46(32)47(34)35)49-51-42(30-8-3-1-4-9-30)27-43(52-49)31-10-5-2-6-11-31/h1-27H. The van der Waals surface area contributed by atoms with Gasteiger partial charge in [0.05, 0.1) is 23.0 Å². The zero-order valence-corrected chi connectivity index (χ0v) is 28.3. The minimum Gasteiger partial charge on any atom is -0.456 e. The Balaban J connectivity index is 1.06. The van der Waals surface area contributed by atoms with Crippen molar-refractivity contribution in [1.82, 2.24) is 9.97 Å². The largest absolute Gasteiger partial charge is 0.456 e. The molecule has 244 valence electrons. The van der Waals surface area contributed by atoms with Gasteiger partial charge in [-0.1, -0.05) is 109 Å². The van der Waals surface area contributed by atoms with Crippen LogP contribution in [0.25, 0.3) is 99.2 Å². The van der Waals surface area contributed by atoms with Gasteiger partial charge >= 0.3 is 0 Å². The first kappa shape index (κ1) is 29.4. The first-order valence-corrected chi connectivity index (χ1v) is 17.7. The van der Waals surface area contributed by atoms with E-state index in [2.05, 4.69) is 109 Å². The molecule has 0 saturated carbocycles. The van der Waals surface area contributed by atoms with Crippen LogP contribution in [-0.4, -0.2) is 9.97 Å². The van der Waals surface area contributed by atoms with Crippen LogP contribution in [0.3, 0.4) is 0 Å². The molecule has 4 nitrogen and oxygen atoms in total. The Bertz CT molecular complexity index is 3020. The maximum atomic E-state index is 9.46. The zero-order chi connectivity index (χ0) is 35.0. The number of aromatic nitrogens is 2. The Morgan fingerprint density at radius 3 is 1.58 bits per heavy atom. The van der Waals surface area contributed by atoms with E-state index in [9.17, 15) is 5.26 Å². The number of benzene rings is 9. The Morgan fingerprint density at radius 1 is 0.415 bits per heavy atom. The molecule has 0 saturated heterocycles. The highest BCUT2D eigenvalue weighted by molar-refractivity contribution is 6.25. The molecular weight excluding hydrogens is 647 g/mol. The van der Waals surface area contributed by atoms with Crippen molar-refractivity contribution in [2.75, 3.05) is 0 Å². The third kappa shape index (κ3) is 4.62. The quantitative estimate of drug-likeness (QED) is 0.174. The summed E-state index contributed by atoms with van der Waals surface area (Å²) in [6.07, 6.45) is 0. The van der Waals surface area contributed by atoms with Crippen molar-refractivity contribution in [1.29, 1.82) is 5.26 Å². The van der Waals surface area contributed by atoms with Crippen LogP contribution < -0.4 is 4.74 Å². The van der Waals surface area contributed by atoms with Crippen LogP contribution in [0.5, 0.6) is 11.5 Å². The fourth-order valence-electron chi connectivity index (χ4n) is 8.16. The van der Waals surface area contributed by atoms with Crippen LogP contribution >= 0.6 is 0 Å². The van der Waals surface area contributed by atoms with Gasteiger partial charge in [0.2, 0.25) is 0 Å². The Morgan fingerprint density at radius 2 is 0.981 bits per heavy atom. The van der Waals surface area contributed by atoms with Crippen molar-refractivity contribution in [3.05, 3.63) is 169 Å². The fourth-order valence-corrected chi connectivity index (χ4v) is 8.16. The maximum absolute atomic E-state index is 9.46. The maximum Gasteiger partial charge on any atom is 0.160 e. The van der Waals surface area contributed by atoms with E-state index in [1.807, 2.05) is 60.7 Å². The molecule has 0 fully saturated rings. The molecular formula is C49H27N3O. The summed E-state index contributed by atoms with van der Waals surface area (Å²) in [5.41, 5.74) is 9.92. The molecule has 0 spiro atoms. The van der Waals surface area contributed by atoms with E-state index in [-0.39, 0.29) is 0 Å². The molecule has 9 aromatic carbocycles. The minimum atomic E-state index is 0.587. The lowest BCUT2D eigenvalue weighted by molar-refractivity contribution is 0.487. The van der Waals surface area contributed by atoms with Crippen LogP contribution in [0.4, 0.5) is 0 Å². The second-order valence-electron chi connectivity index (χ2n) is 13.7. The molecule has 0 aliphatic carbocycles. The molecule has 0 atom stereocenters. The highest BCUT2D eigenvalue weighted by Gasteiger charge is 2.23. The number of rotatable bonds is 4. The summed E-state index contributed by atoms with van der Waals surface area (Å²) < 4.78 is 6.38. The van der Waals surface area contributed by atoms with Crippen molar-refractivity contribution in [2.24, 2.45) is 0 Å². The molecule has 0 radical (unpaired) electrons. The van der Waals surface area contributed by atoms with E-state index >= 15 is 0 Å². The van der Waals surface area contributed by atoms with Gasteiger partial charge in [0.25, 0.3) is 0 Å². The molecule has 2 heterocycles. The van der Waals surface area contributed by atoms with Crippen LogP contribution in [0.15, 0.2) is 164 Å². The van der Waals surface area contributed by atoms with Crippen LogP contribution in [0.1, 0.15) is 5.56 Å². The number of nitriles is 1. The molecule has 53 heavy (non-hydrogen) atoms. The van der Waals surface area contributed by atoms with Gasteiger partial charge in [-0.15, -0.1) is 0 Å². The van der Waals surface area contributed by atoms with Gasteiger partial charge in [-0.3, -0.25) is 0 Å². The molecule has 0 bridgehead atoms. The lowest BCUT2D eigenvalue weighted by Gasteiger charge is -2.23. The van der Waals surface area contributed by atoms with Crippen LogP contribution in [-0.2, 0) is 0 Å². The number of hydrogen-bond acceptors (Lipinski definition) is 4. The topological polar surface area (TPSA) is 58.8 Å². The molecule has 0 unspecified atom stereocenters. The third-order valence-corrected chi connectivity index (χ3v) is 10.6. The average molecular weight is 674 g/mol. The molecule has 0 amide bonds. The van der Waals surface area contributed by atoms with E-state index in [4.69, 9.17) is 14.7 Å². The Labute approximate surface area is 305 Å². The predicted molar refractivity (Wildman–Crippen MR) is 215 cm³/mol. The number of fused-ring (bicyclic) bond motifs is 2. The van der Waals surface area contributed by atoms with Crippen molar-refractivity contribution in [2.45, 2.75) is 0 Å². The Kier molecular flexibility index (Phi) is 6.28. The van der Waals surface area contributed by atoms with Gasteiger partial charge in [0, 0.05) is 27.6 Å². The first-order chi connectivity index (χ1) is 26.2. The highest BCUT2D eigenvalue weighted by atomic mass is 16.5. The zero-order valence-electron chi connectivity index (χ0n) is 28.3. The van der Waals surface area contributed by atoms with Gasteiger partial charge in [-0.2, -0.15) is 5.26 Å². The molecule has 1 aliphatic heterocycles. The normalized spacial score (nSPS) is 11.9. The molecule has 10 aromatic rings. The van der Waals surface area contributed by atoms with Gasteiger partial charge in [-0.25, -0.2) is 9.97 Å².